The Hall–Kier alpha value is -1.46. The molecule has 3 heterocycles. The molecule has 0 radical (unpaired) electrons. The molecule has 1 aromatic heterocycles. The highest BCUT2D eigenvalue weighted by atomic mass is 32.1. The number of likely N-dealkylation sites (tertiary alicyclic amines) is 1. The summed E-state index contributed by atoms with van der Waals surface area (Å²) in [6.45, 7) is 5.80. The van der Waals surface area contributed by atoms with Crippen LogP contribution in [0.4, 0.5) is 5.82 Å². The third-order valence-corrected chi connectivity index (χ3v) is 4.95. The average molecular weight is 286 g/mol. The number of nitrogens with zero attached hydrogens (tertiary/aromatic N) is 4. The largest absolute Gasteiger partial charge is 0.354 e. The van der Waals surface area contributed by atoms with E-state index in [0.29, 0.717) is 0 Å². The van der Waals surface area contributed by atoms with Crippen LogP contribution in [-0.2, 0) is 6.54 Å². The van der Waals surface area contributed by atoms with Gasteiger partial charge in [-0.2, -0.15) is 8.75 Å². The van der Waals surface area contributed by atoms with Crippen molar-refractivity contribution in [2.24, 2.45) is 11.8 Å². The first-order valence-corrected chi connectivity index (χ1v) is 7.90. The standard InChI is InChI=1S/C15H18N4S/c1-2-4-12(5-3-1)7-18-8-13-10-19(11-14(13)9-18)15-6-16-20-17-15/h1-6,13-14H,7-11H2. The van der Waals surface area contributed by atoms with Gasteiger partial charge >= 0.3 is 0 Å². The van der Waals surface area contributed by atoms with E-state index in [1.54, 1.807) is 0 Å². The summed E-state index contributed by atoms with van der Waals surface area (Å²) in [6, 6.07) is 10.8. The zero-order chi connectivity index (χ0) is 13.4. The van der Waals surface area contributed by atoms with Gasteiger partial charge in [0.2, 0.25) is 0 Å². The van der Waals surface area contributed by atoms with Gasteiger partial charge in [-0.1, -0.05) is 30.3 Å². The molecule has 0 bridgehead atoms. The minimum atomic E-state index is 0.792. The first-order chi connectivity index (χ1) is 9.88. The monoisotopic (exact) mass is 286 g/mol. The predicted molar refractivity (Wildman–Crippen MR) is 80.8 cm³/mol. The van der Waals surface area contributed by atoms with Crippen LogP contribution in [-0.4, -0.2) is 39.8 Å². The molecule has 0 saturated carbocycles. The number of benzene rings is 1. The molecule has 5 heteroatoms. The fourth-order valence-corrected chi connectivity index (χ4v) is 3.98. The molecule has 2 aliphatic heterocycles. The molecular weight excluding hydrogens is 268 g/mol. The molecule has 4 nitrogen and oxygen atoms in total. The van der Waals surface area contributed by atoms with Crippen LogP contribution in [0.15, 0.2) is 36.5 Å². The molecule has 2 saturated heterocycles. The third-order valence-electron chi connectivity index (χ3n) is 4.48. The van der Waals surface area contributed by atoms with Gasteiger partial charge in [0.05, 0.1) is 17.9 Å². The Morgan fingerprint density at radius 2 is 1.80 bits per heavy atom. The van der Waals surface area contributed by atoms with Crippen LogP contribution in [0.5, 0.6) is 0 Å². The molecule has 0 N–H and O–H groups in total. The van der Waals surface area contributed by atoms with Gasteiger partial charge < -0.3 is 4.90 Å². The van der Waals surface area contributed by atoms with Gasteiger partial charge in [-0.15, -0.1) is 0 Å². The van der Waals surface area contributed by atoms with Crippen molar-refractivity contribution >= 4 is 17.5 Å². The maximum Gasteiger partial charge on any atom is 0.162 e. The molecule has 104 valence electrons. The molecule has 2 aliphatic rings. The lowest BCUT2D eigenvalue weighted by atomic mass is 10.0. The molecular formula is C15H18N4S. The van der Waals surface area contributed by atoms with Crippen molar-refractivity contribution < 1.29 is 0 Å². The van der Waals surface area contributed by atoms with Crippen molar-refractivity contribution in [3.8, 4) is 0 Å². The third kappa shape index (κ3) is 2.31. The summed E-state index contributed by atoms with van der Waals surface area (Å²) in [5.41, 5.74) is 1.42. The van der Waals surface area contributed by atoms with Crippen LogP contribution < -0.4 is 4.90 Å². The molecule has 20 heavy (non-hydrogen) atoms. The molecule has 0 spiro atoms. The van der Waals surface area contributed by atoms with E-state index in [-0.39, 0.29) is 0 Å². The van der Waals surface area contributed by atoms with Gasteiger partial charge in [0.1, 0.15) is 0 Å². The molecule has 2 fully saturated rings. The van der Waals surface area contributed by atoms with Gasteiger partial charge in [0.15, 0.2) is 5.82 Å². The summed E-state index contributed by atoms with van der Waals surface area (Å²) in [5, 5.41) is 0. The van der Waals surface area contributed by atoms with E-state index in [0.717, 1.165) is 37.3 Å². The highest BCUT2D eigenvalue weighted by Crippen LogP contribution is 2.33. The van der Waals surface area contributed by atoms with E-state index in [1.807, 2.05) is 6.20 Å². The van der Waals surface area contributed by atoms with Crippen molar-refractivity contribution in [3.63, 3.8) is 0 Å². The zero-order valence-corrected chi connectivity index (χ0v) is 12.2. The van der Waals surface area contributed by atoms with Crippen molar-refractivity contribution in [1.82, 2.24) is 13.6 Å². The van der Waals surface area contributed by atoms with Crippen molar-refractivity contribution in [2.75, 3.05) is 31.1 Å². The second kappa shape index (κ2) is 5.14. The first kappa shape index (κ1) is 12.3. The van der Waals surface area contributed by atoms with Crippen LogP contribution >= 0.6 is 11.7 Å². The van der Waals surface area contributed by atoms with Crippen LogP contribution in [0.1, 0.15) is 5.56 Å². The Labute approximate surface area is 123 Å². The van der Waals surface area contributed by atoms with Crippen molar-refractivity contribution in [1.29, 1.82) is 0 Å². The number of anilines is 1. The van der Waals surface area contributed by atoms with Crippen molar-refractivity contribution in [2.45, 2.75) is 6.54 Å². The minimum absolute atomic E-state index is 0.792. The number of fused-ring (bicyclic) bond motifs is 1. The Morgan fingerprint density at radius 1 is 1.05 bits per heavy atom. The molecule has 2 unspecified atom stereocenters. The zero-order valence-electron chi connectivity index (χ0n) is 11.4. The Kier molecular flexibility index (Phi) is 3.16. The maximum absolute atomic E-state index is 4.36. The minimum Gasteiger partial charge on any atom is -0.354 e. The summed E-state index contributed by atoms with van der Waals surface area (Å²) < 4.78 is 8.47. The highest BCUT2D eigenvalue weighted by Gasteiger charge is 2.40. The predicted octanol–water partition coefficient (Wildman–Crippen LogP) is 2.11. The number of rotatable bonds is 3. The second-order valence-electron chi connectivity index (χ2n) is 5.87. The smallest absolute Gasteiger partial charge is 0.162 e. The van der Waals surface area contributed by atoms with Crippen LogP contribution in [0.2, 0.25) is 0 Å². The highest BCUT2D eigenvalue weighted by molar-refractivity contribution is 6.99. The fraction of sp³-hybridized carbons (Fsp3) is 0.467. The Morgan fingerprint density at radius 3 is 2.45 bits per heavy atom. The average Bonchev–Trinajstić information content (AvgIpc) is 3.13. The van der Waals surface area contributed by atoms with Crippen LogP contribution in [0.3, 0.4) is 0 Å². The van der Waals surface area contributed by atoms with E-state index in [1.165, 1.54) is 30.4 Å². The van der Waals surface area contributed by atoms with E-state index in [2.05, 4.69) is 48.9 Å². The van der Waals surface area contributed by atoms with E-state index in [9.17, 15) is 0 Å². The summed E-state index contributed by atoms with van der Waals surface area (Å²) in [6.07, 6.45) is 1.90. The second-order valence-corrected chi connectivity index (χ2v) is 6.43. The fourth-order valence-electron chi connectivity index (χ4n) is 3.55. The molecule has 4 rings (SSSR count). The summed E-state index contributed by atoms with van der Waals surface area (Å²) >= 11 is 1.30. The molecule has 2 atom stereocenters. The van der Waals surface area contributed by atoms with Crippen LogP contribution in [0.25, 0.3) is 0 Å². The Balaban J connectivity index is 1.37. The maximum atomic E-state index is 4.36. The van der Waals surface area contributed by atoms with E-state index >= 15 is 0 Å². The topological polar surface area (TPSA) is 32.3 Å². The van der Waals surface area contributed by atoms with Gasteiger partial charge in [0, 0.05) is 32.7 Å². The van der Waals surface area contributed by atoms with Crippen molar-refractivity contribution in [3.05, 3.63) is 42.1 Å². The number of hydrogen-bond donors (Lipinski definition) is 0. The van der Waals surface area contributed by atoms with Gasteiger partial charge in [-0.25, -0.2) is 0 Å². The Bertz CT molecular complexity index is 543. The lowest BCUT2D eigenvalue weighted by Crippen LogP contribution is -2.28. The summed E-state index contributed by atoms with van der Waals surface area (Å²) in [7, 11) is 0. The molecule has 0 amide bonds. The normalized spacial score (nSPS) is 26.1. The SMILES string of the molecule is c1ccc(CN2CC3CN(c4cnsn4)CC3C2)cc1. The van der Waals surface area contributed by atoms with Gasteiger partial charge in [-0.3, -0.25) is 4.90 Å². The van der Waals surface area contributed by atoms with E-state index in [4.69, 9.17) is 0 Å². The molecule has 2 aromatic rings. The summed E-state index contributed by atoms with van der Waals surface area (Å²) in [4.78, 5) is 5.00. The lowest BCUT2D eigenvalue weighted by Gasteiger charge is -2.21. The molecule has 0 aliphatic carbocycles. The van der Waals surface area contributed by atoms with Gasteiger partial charge in [0.25, 0.3) is 0 Å². The number of hydrogen-bond acceptors (Lipinski definition) is 5. The molecule has 1 aromatic carbocycles. The lowest BCUT2D eigenvalue weighted by molar-refractivity contribution is 0.309. The van der Waals surface area contributed by atoms with E-state index < -0.39 is 0 Å². The quantitative estimate of drug-likeness (QED) is 0.865. The van der Waals surface area contributed by atoms with Crippen LogP contribution in [0, 0.1) is 11.8 Å². The number of aromatic nitrogens is 2. The van der Waals surface area contributed by atoms with Gasteiger partial charge in [-0.05, 0) is 17.4 Å². The summed E-state index contributed by atoms with van der Waals surface area (Å²) in [5.74, 6) is 2.65. The first-order valence-electron chi connectivity index (χ1n) is 7.17.